The highest BCUT2D eigenvalue weighted by atomic mass is 32.2. The Kier molecular flexibility index (Phi) is 10.1. The molecule has 6 rings (SSSR count). The summed E-state index contributed by atoms with van der Waals surface area (Å²) < 4.78 is 104. The number of aromatic nitrogens is 3. The number of hydrogen-bond donors (Lipinski definition) is 5. The van der Waals surface area contributed by atoms with E-state index in [1.165, 1.54) is 60.7 Å². The topological polar surface area (TPSA) is 242 Å². The molecule has 1 heterocycles. The van der Waals surface area contributed by atoms with E-state index < -0.39 is 45.0 Å². The van der Waals surface area contributed by atoms with Crippen LogP contribution in [-0.2, 0) is 30.4 Å². The van der Waals surface area contributed by atoms with Crippen LogP contribution in [-0.4, -0.2) is 64.1 Å². The largest absolute Gasteiger partial charge is 0.508 e. The van der Waals surface area contributed by atoms with E-state index in [0.717, 1.165) is 47.8 Å². The van der Waals surface area contributed by atoms with Crippen LogP contribution in [0.1, 0.15) is 0 Å². The van der Waals surface area contributed by atoms with E-state index in [4.69, 9.17) is 0 Å². The maximum Gasteiger partial charge on any atom is 0.295 e. The molecule has 0 aliphatic carbocycles. The average molecular weight is 798 g/mol. The van der Waals surface area contributed by atoms with Gasteiger partial charge in [0, 0.05) is 36.3 Å². The van der Waals surface area contributed by atoms with Crippen molar-refractivity contribution in [1.82, 2.24) is 15.0 Å². The van der Waals surface area contributed by atoms with Crippen molar-refractivity contribution < 1.29 is 49.1 Å². The van der Waals surface area contributed by atoms with Gasteiger partial charge in [-0.3, -0.25) is 13.7 Å². The fourth-order valence-electron chi connectivity index (χ4n) is 4.71. The van der Waals surface area contributed by atoms with Gasteiger partial charge in [-0.2, -0.15) is 25.3 Å². The zero-order chi connectivity index (χ0) is 37.4. The Morgan fingerprint density at radius 2 is 0.827 bits per heavy atom. The van der Waals surface area contributed by atoms with Crippen molar-refractivity contribution in [3.8, 4) is 45.7 Å². The van der Waals surface area contributed by atoms with Gasteiger partial charge in [-0.1, -0.05) is 35.7 Å². The fraction of sp³-hybridized carbons (Fsp3) is 0. The summed E-state index contributed by atoms with van der Waals surface area (Å²) in [5.74, 6) is -0.545. The molecule has 0 amide bonds. The summed E-state index contributed by atoms with van der Waals surface area (Å²) in [6.45, 7) is 0. The van der Waals surface area contributed by atoms with Crippen molar-refractivity contribution in [2.24, 2.45) is 0 Å². The van der Waals surface area contributed by atoms with Crippen molar-refractivity contribution in [2.75, 3.05) is 0 Å². The maximum atomic E-state index is 12.6. The van der Waals surface area contributed by atoms with E-state index in [9.17, 15) is 49.1 Å². The number of phenolic OH excluding ortho intramolecular Hbond substituents is 2. The Bertz CT molecular complexity index is 2530. The number of rotatable bonds is 10. The zero-order valence-electron chi connectivity index (χ0n) is 26.0. The summed E-state index contributed by atoms with van der Waals surface area (Å²) in [4.78, 5) is 13.1. The third kappa shape index (κ3) is 8.60. The first kappa shape index (κ1) is 36.9. The van der Waals surface area contributed by atoms with Gasteiger partial charge in [0.15, 0.2) is 17.5 Å². The number of phenols is 2. The minimum Gasteiger partial charge on any atom is -0.508 e. The molecule has 14 nitrogen and oxygen atoms in total. The van der Waals surface area contributed by atoms with Crippen LogP contribution in [0.2, 0.25) is 0 Å². The molecule has 0 saturated carbocycles. The second-order valence-electron chi connectivity index (χ2n) is 10.8. The Hall–Kier alpha value is -4.86. The number of aromatic hydroxyl groups is 2. The monoisotopic (exact) mass is 797 g/mol. The second-order valence-corrected chi connectivity index (χ2v) is 17.2. The van der Waals surface area contributed by atoms with Crippen molar-refractivity contribution >= 4 is 53.9 Å². The van der Waals surface area contributed by atoms with Crippen LogP contribution in [0.5, 0.6) is 11.5 Å². The number of benzene rings is 5. The minimum atomic E-state index is -4.84. The fourth-order valence-corrected chi connectivity index (χ4v) is 8.96. The average Bonchev–Trinajstić information content (AvgIpc) is 3.09. The lowest BCUT2D eigenvalue weighted by Gasteiger charge is -2.13. The summed E-state index contributed by atoms with van der Waals surface area (Å²) in [5, 5.41) is 19.2. The Morgan fingerprint density at radius 1 is 0.442 bits per heavy atom. The molecule has 0 aliphatic heterocycles. The van der Waals surface area contributed by atoms with Crippen LogP contribution in [0.25, 0.3) is 34.2 Å². The first-order chi connectivity index (χ1) is 24.4. The molecule has 6 aromatic rings. The summed E-state index contributed by atoms with van der Waals surface area (Å²) in [6, 6.07) is 24.7. The molecule has 0 saturated heterocycles. The van der Waals surface area contributed by atoms with Crippen LogP contribution in [0.15, 0.2) is 143 Å². The van der Waals surface area contributed by atoms with Crippen molar-refractivity contribution in [3.63, 3.8) is 0 Å². The zero-order valence-corrected chi connectivity index (χ0v) is 30.0. The lowest BCUT2D eigenvalue weighted by molar-refractivity contribution is 0.474. The Labute approximate surface area is 305 Å². The van der Waals surface area contributed by atoms with Crippen LogP contribution >= 0.6 is 23.5 Å². The molecule has 5 aromatic carbocycles. The lowest BCUT2D eigenvalue weighted by atomic mass is 10.1. The van der Waals surface area contributed by atoms with E-state index in [0.29, 0.717) is 9.79 Å². The predicted octanol–water partition coefficient (Wildman–Crippen LogP) is 6.33. The van der Waals surface area contributed by atoms with Gasteiger partial charge in [-0.15, -0.1) is 0 Å². The van der Waals surface area contributed by atoms with Crippen molar-refractivity contribution in [1.29, 1.82) is 0 Å². The quantitative estimate of drug-likeness (QED) is 0.0952. The molecule has 266 valence electrons. The number of nitrogens with zero attached hydrogens (tertiary/aromatic N) is 3. The molecule has 19 heteroatoms. The molecular weight excluding hydrogens is 775 g/mol. The predicted molar refractivity (Wildman–Crippen MR) is 190 cm³/mol. The molecule has 5 N–H and O–H groups in total. The van der Waals surface area contributed by atoms with E-state index in [-0.39, 0.29) is 55.5 Å². The van der Waals surface area contributed by atoms with Crippen molar-refractivity contribution in [3.05, 3.63) is 109 Å². The molecule has 52 heavy (non-hydrogen) atoms. The van der Waals surface area contributed by atoms with E-state index >= 15 is 0 Å². The smallest absolute Gasteiger partial charge is 0.295 e. The van der Waals surface area contributed by atoms with Gasteiger partial charge in [0.1, 0.15) is 21.3 Å². The van der Waals surface area contributed by atoms with Gasteiger partial charge in [-0.25, -0.2) is 15.0 Å². The molecule has 0 bridgehead atoms. The highest BCUT2D eigenvalue weighted by Gasteiger charge is 2.23. The van der Waals surface area contributed by atoms with E-state index in [1.807, 2.05) is 0 Å². The molecule has 0 radical (unpaired) electrons. The molecule has 0 unspecified atom stereocenters. The molecule has 0 spiro atoms. The normalized spacial score (nSPS) is 12.1. The number of hydrogen-bond acceptors (Lipinski definition) is 13. The van der Waals surface area contributed by atoms with Crippen LogP contribution in [0, 0.1) is 0 Å². The van der Waals surface area contributed by atoms with E-state index in [2.05, 4.69) is 15.0 Å². The molecular formula is C33H23N3O11S5. The van der Waals surface area contributed by atoms with Gasteiger partial charge in [0.05, 0.1) is 4.90 Å². The maximum absolute atomic E-state index is 12.6. The molecule has 0 fully saturated rings. The second kappa shape index (κ2) is 14.3. The highest BCUT2D eigenvalue weighted by molar-refractivity contribution is 8.00. The Morgan fingerprint density at radius 3 is 1.19 bits per heavy atom. The SMILES string of the molecule is O=S(=O)(O)c1cccc(-c2nc(-c3ccc(Sc4ccc(O)cc4)c(S(=O)(=O)O)c3)nc(-c3ccc(Sc4ccc(O)cc4)c(S(=O)(=O)O)c3)n2)c1. The van der Waals surface area contributed by atoms with Gasteiger partial charge in [-0.05, 0) is 97.1 Å². The summed E-state index contributed by atoms with van der Waals surface area (Å²) >= 11 is 1.97. The summed E-state index contributed by atoms with van der Waals surface area (Å²) in [7, 11) is -14.3. The molecule has 0 aliphatic rings. The molecule has 1 aromatic heterocycles. The third-order valence-electron chi connectivity index (χ3n) is 7.11. The van der Waals surface area contributed by atoms with Crippen LogP contribution in [0.3, 0.4) is 0 Å². The first-order valence-electron chi connectivity index (χ1n) is 14.5. The molecule has 0 atom stereocenters. The van der Waals surface area contributed by atoms with Gasteiger partial charge in [0.2, 0.25) is 0 Å². The Balaban J connectivity index is 1.53. The van der Waals surface area contributed by atoms with Gasteiger partial charge in [0.25, 0.3) is 30.4 Å². The lowest BCUT2D eigenvalue weighted by Crippen LogP contribution is -2.05. The summed E-state index contributed by atoms with van der Waals surface area (Å²) in [5.41, 5.74) is 0.171. The van der Waals surface area contributed by atoms with Crippen LogP contribution in [0.4, 0.5) is 0 Å². The van der Waals surface area contributed by atoms with Crippen molar-refractivity contribution in [2.45, 2.75) is 34.3 Å². The first-order valence-corrected chi connectivity index (χ1v) is 20.4. The van der Waals surface area contributed by atoms with E-state index in [1.54, 1.807) is 24.3 Å². The van der Waals surface area contributed by atoms with Gasteiger partial charge < -0.3 is 10.2 Å². The third-order valence-corrected chi connectivity index (χ3v) is 12.2. The highest BCUT2D eigenvalue weighted by Crippen LogP contribution is 2.38. The van der Waals surface area contributed by atoms with Crippen LogP contribution < -0.4 is 0 Å². The summed E-state index contributed by atoms with van der Waals surface area (Å²) in [6.07, 6.45) is 0. The van der Waals surface area contributed by atoms with Gasteiger partial charge >= 0.3 is 0 Å². The standard InChI is InChI=1S/C33H23N3O11S5/c37-22-6-10-24(11-7-22)48-27-14-4-20(17-29(27)51(42,43)44)32-34-31(19-2-1-3-26(16-19)50(39,40)41)35-33(36-32)21-5-15-28(30(18-21)52(45,46)47)49-25-12-8-23(38)9-13-25/h1-18,37-38H,(H,39,40,41)(H,42,43,44)(H,45,46,47). The minimum absolute atomic E-state index is 0.00675.